The lowest BCUT2D eigenvalue weighted by atomic mass is 10.1. The van der Waals surface area contributed by atoms with Crippen LogP contribution < -0.4 is 14.2 Å². The van der Waals surface area contributed by atoms with Gasteiger partial charge in [0.15, 0.2) is 11.5 Å². The minimum atomic E-state index is -0.321. The molecule has 0 fully saturated rings. The van der Waals surface area contributed by atoms with E-state index in [0.29, 0.717) is 18.6 Å². The molecule has 0 amide bonds. The van der Waals surface area contributed by atoms with Crippen molar-refractivity contribution in [1.82, 2.24) is 0 Å². The van der Waals surface area contributed by atoms with Crippen LogP contribution in [-0.2, 0) is 9.59 Å². The quantitative estimate of drug-likeness (QED) is 0.213. The average molecular weight is 393 g/mol. The number of carbonyl (C=O) groups excluding carboxylic acids is 2. The second kappa shape index (κ2) is 14.0. The number of rotatable bonds is 14. The maximum atomic E-state index is 12.2. The number of benzene rings is 1. The summed E-state index contributed by atoms with van der Waals surface area (Å²) in [7, 11) is 0. The van der Waals surface area contributed by atoms with Crippen molar-refractivity contribution in [2.45, 2.75) is 98.0 Å². The van der Waals surface area contributed by atoms with Gasteiger partial charge in [-0.25, -0.2) is 0 Å². The van der Waals surface area contributed by atoms with Gasteiger partial charge in [-0.05, 0) is 38.8 Å². The van der Waals surface area contributed by atoms with Crippen LogP contribution in [0, 0.1) is 0 Å². The first-order chi connectivity index (χ1) is 13.5. The van der Waals surface area contributed by atoms with Crippen LogP contribution in [-0.4, -0.2) is 18.0 Å². The molecule has 0 saturated heterocycles. The molecule has 5 heteroatoms. The van der Waals surface area contributed by atoms with Crippen molar-refractivity contribution in [3.05, 3.63) is 18.2 Å². The van der Waals surface area contributed by atoms with E-state index >= 15 is 0 Å². The standard InChI is InChI=1S/C23H36O5/c1-5-7-9-11-13-22(24)27-20-16-15-19(26-18(3)4)17-21(20)28-23(25)14-12-10-8-6-2/h15-18H,5-14H2,1-4H3. The van der Waals surface area contributed by atoms with E-state index < -0.39 is 0 Å². The number of ether oxygens (including phenoxy) is 3. The monoisotopic (exact) mass is 392 g/mol. The molecule has 0 saturated carbocycles. The highest BCUT2D eigenvalue weighted by molar-refractivity contribution is 5.76. The summed E-state index contributed by atoms with van der Waals surface area (Å²) in [5.41, 5.74) is 0. The first-order valence-electron chi connectivity index (χ1n) is 10.7. The van der Waals surface area contributed by atoms with Gasteiger partial charge in [0.2, 0.25) is 0 Å². The lowest BCUT2D eigenvalue weighted by Crippen LogP contribution is -2.13. The average Bonchev–Trinajstić information content (AvgIpc) is 2.64. The number of carbonyl (C=O) groups is 2. The smallest absolute Gasteiger partial charge is 0.311 e. The van der Waals surface area contributed by atoms with Crippen LogP contribution in [0.15, 0.2) is 18.2 Å². The molecule has 158 valence electrons. The van der Waals surface area contributed by atoms with Crippen LogP contribution in [0.4, 0.5) is 0 Å². The minimum Gasteiger partial charge on any atom is -0.491 e. The number of esters is 2. The van der Waals surface area contributed by atoms with Gasteiger partial charge in [-0.15, -0.1) is 0 Å². The molecule has 0 heterocycles. The molecule has 0 aliphatic carbocycles. The zero-order valence-electron chi connectivity index (χ0n) is 17.9. The van der Waals surface area contributed by atoms with Crippen LogP contribution in [0.5, 0.6) is 17.2 Å². The number of hydrogen-bond donors (Lipinski definition) is 0. The van der Waals surface area contributed by atoms with Crippen molar-refractivity contribution < 1.29 is 23.8 Å². The Bertz CT molecular complexity index is 595. The Hall–Kier alpha value is -2.04. The molecular formula is C23H36O5. The molecule has 0 bridgehead atoms. The molecule has 0 radical (unpaired) electrons. The van der Waals surface area contributed by atoms with Gasteiger partial charge in [-0.1, -0.05) is 52.4 Å². The van der Waals surface area contributed by atoms with E-state index in [4.69, 9.17) is 14.2 Å². The van der Waals surface area contributed by atoms with E-state index in [1.165, 1.54) is 0 Å². The third kappa shape index (κ3) is 10.3. The van der Waals surface area contributed by atoms with Crippen LogP contribution in [0.1, 0.15) is 91.9 Å². The zero-order chi connectivity index (χ0) is 20.8. The van der Waals surface area contributed by atoms with Gasteiger partial charge in [0.05, 0.1) is 6.10 Å². The van der Waals surface area contributed by atoms with Gasteiger partial charge in [-0.2, -0.15) is 0 Å². The molecule has 5 nitrogen and oxygen atoms in total. The second-order valence-corrected chi connectivity index (χ2v) is 7.34. The van der Waals surface area contributed by atoms with Crippen molar-refractivity contribution in [2.75, 3.05) is 0 Å². The molecule has 1 aromatic rings. The van der Waals surface area contributed by atoms with Crippen molar-refractivity contribution >= 4 is 11.9 Å². The summed E-state index contributed by atoms with van der Waals surface area (Å²) in [5, 5.41) is 0. The van der Waals surface area contributed by atoms with Gasteiger partial charge in [0.1, 0.15) is 5.75 Å². The first kappa shape index (κ1) is 24.0. The Balaban J connectivity index is 2.75. The lowest BCUT2D eigenvalue weighted by Gasteiger charge is -2.14. The van der Waals surface area contributed by atoms with Crippen molar-refractivity contribution in [1.29, 1.82) is 0 Å². The van der Waals surface area contributed by atoms with E-state index in [1.807, 2.05) is 13.8 Å². The van der Waals surface area contributed by atoms with Gasteiger partial charge in [0.25, 0.3) is 0 Å². The van der Waals surface area contributed by atoms with E-state index in [1.54, 1.807) is 18.2 Å². The van der Waals surface area contributed by atoms with Gasteiger partial charge in [0, 0.05) is 18.9 Å². The minimum absolute atomic E-state index is 0.00967. The Morgan fingerprint density at radius 1 is 0.786 bits per heavy atom. The zero-order valence-corrected chi connectivity index (χ0v) is 17.9. The predicted molar refractivity (Wildman–Crippen MR) is 111 cm³/mol. The molecule has 28 heavy (non-hydrogen) atoms. The SMILES string of the molecule is CCCCCCC(=O)Oc1ccc(OC(C)C)cc1OC(=O)CCCCCC. The van der Waals surface area contributed by atoms with E-state index in [2.05, 4.69) is 13.8 Å². The summed E-state index contributed by atoms with van der Waals surface area (Å²) in [6.07, 6.45) is 8.73. The predicted octanol–water partition coefficient (Wildman–Crippen LogP) is 6.23. The van der Waals surface area contributed by atoms with Gasteiger partial charge >= 0.3 is 11.9 Å². The third-order valence-electron chi connectivity index (χ3n) is 4.20. The Morgan fingerprint density at radius 3 is 1.82 bits per heavy atom. The number of unbranched alkanes of at least 4 members (excludes halogenated alkanes) is 6. The van der Waals surface area contributed by atoms with Crippen molar-refractivity contribution in [3.63, 3.8) is 0 Å². The Kier molecular flexibility index (Phi) is 12.0. The van der Waals surface area contributed by atoms with E-state index in [9.17, 15) is 9.59 Å². The molecule has 1 rings (SSSR count). The van der Waals surface area contributed by atoms with Crippen molar-refractivity contribution in [3.8, 4) is 17.2 Å². The summed E-state index contributed by atoms with van der Waals surface area (Å²) in [6, 6.07) is 4.96. The lowest BCUT2D eigenvalue weighted by molar-refractivity contribution is -0.137. The van der Waals surface area contributed by atoms with Crippen LogP contribution in [0.2, 0.25) is 0 Å². The first-order valence-corrected chi connectivity index (χ1v) is 10.7. The summed E-state index contributed by atoms with van der Waals surface area (Å²) in [5.74, 6) is 0.442. The molecule has 0 aromatic heterocycles. The Morgan fingerprint density at radius 2 is 1.32 bits per heavy atom. The molecular weight excluding hydrogens is 356 g/mol. The summed E-state index contributed by atoms with van der Waals surface area (Å²) < 4.78 is 16.6. The normalized spacial score (nSPS) is 10.8. The fourth-order valence-corrected chi connectivity index (χ4v) is 2.74. The molecule has 0 aliphatic rings. The highest BCUT2D eigenvalue weighted by atomic mass is 16.6. The molecule has 0 atom stereocenters. The second-order valence-electron chi connectivity index (χ2n) is 7.34. The fourth-order valence-electron chi connectivity index (χ4n) is 2.74. The van der Waals surface area contributed by atoms with E-state index in [0.717, 1.165) is 51.4 Å². The fraction of sp³-hybridized carbons (Fsp3) is 0.652. The summed E-state index contributed by atoms with van der Waals surface area (Å²) >= 11 is 0. The van der Waals surface area contributed by atoms with E-state index in [-0.39, 0.29) is 29.5 Å². The summed E-state index contributed by atoms with van der Waals surface area (Å²) in [4.78, 5) is 24.3. The summed E-state index contributed by atoms with van der Waals surface area (Å²) in [6.45, 7) is 8.09. The third-order valence-corrected chi connectivity index (χ3v) is 4.20. The van der Waals surface area contributed by atoms with Gasteiger partial charge < -0.3 is 14.2 Å². The molecule has 0 N–H and O–H groups in total. The number of hydrogen-bond acceptors (Lipinski definition) is 5. The van der Waals surface area contributed by atoms with Gasteiger partial charge in [-0.3, -0.25) is 9.59 Å². The van der Waals surface area contributed by atoms with Crippen LogP contribution in [0.3, 0.4) is 0 Å². The highest BCUT2D eigenvalue weighted by Gasteiger charge is 2.15. The Labute approximate surface area is 169 Å². The largest absolute Gasteiger partial charge is 0.491 e. The molecule has 0 unspecified atom stereocenters. The molecule has 0 aliphatic heterocycles. The van der Waals surface area contributed by atoms with Crippen molar-refractivity contribution in [2.24, 2.45) is 0 Å². The molecule has 1 aromatic carbocycles. The maximum Gasteiger partial charge on any atom is 0.311 e. The maximum absolute atomic E-state index is 12.2. The topological polar surface area (TPSA) is 61.8 Å². The van der Waals surface area contributed by atoms with Crippen LogP contribution in [0.25, 0.3) is 0 Å². The molecule has 0 spiro atoms. The van der Waals surface area contributed by atoms with Crippen LogP contribution >= 0.6 is 0 Å². The highest BCUT2D eigenvalue weighted by Crippen LogP contribution is 2.33.